The van der Waals surface area contributed by atoms with Gasteiger partial charge in [0, 0.05) is 18.0 Å². The van der Waals surface area contributed by atoms with E-state index in [9.17, 15) is 14.7 Å². The molecule has 1 aromatic carbocycles. The quantitative estimate of drug-likeness (QED) is 0.749. The molecule has 1 atom stereocenters. The average molecular weight is 384 g/mol. The van der Waals surface area contributed by atoms with Crippen LogP contribution in [0.3, 0.4) is 0 Å². The maximum Gasteiger partial charge on any atom is 0.331 e. The van der Waals surface area contributed by atoms with E-state index < -0.39 is 11.2 Å². The standard InChI is InChI=1S/C20H24N4O4/c1-28-16-10-6-5-9-13(16)14-11-15(23-22-14)17-18(25)21-20(27)24(19(17)26)12-7-3-2-4-8-12/h5-6,9-10,12,14,22,26H,2-4,7-8,11H2,1H3,(H,21,25,27)/t14-/m1/s1. The van der Waals surface area contributed by atoms with Crippen molar-refractivity contribution in [3.63, 3.8) is 0 Å². The van der Waals surface area contributed by atoms with Crippen LogP contribution < -0.4 is 21.4 Å². The van der Waals surface area contributed by atoms with Crippen LogP contribution in [0.4, 0.5) is 0 Å². The Bertz CT molecular complexity index is 1020. The number of ether oxygens (including phenoxy) is 1. The number of hydrogen-bond donors (Lipinski definition) is 3. The van der Waals surface area contributed by atoms with Gasteiger partial charge in [-0.3, -0.25) is 14.3 Å². The smallest absolute Gasteiger partial charge is 0.331 e. The summed E-state index contributed by atoms with van der Waals surface area (Å²) >= 11 is 0. The Hall–Kier alpha value is -3.03. The van der Waals surface area contributed by atoms with Crippen molar-refractivity contribution in [1.29, 1.82) is 0 Å². The summed E-state index contributed by atoms with van der Waals surface area (Å²) in [6.45, 7) is 0. The number of aromatic hydroxyl groups is 1. The molecular formula is C20H24N4O4. The highest BCUT2D eigenvalue weighted by Gasteiger charge is 2.30. The molecule has 4 rings (SSSR count). The van der Waals surface area contributed by atoms with E-state index in [0.29, 0.717) is 12.1 Å². The van der Waals surface area contributed by atoms with Gasteiger partial charge in [0.2, 0.25) is 5.88 Å². The molecule has 1 aliphatic heterocycles. The van der Waals surface area contributed by atoms with Gasteiger partial charge in [-0.2, -0.15) is 5.10 Å². The van der Waals surface area contributed by atoms with Crippen LogP contribution in [-0.2, 0) is 0 Å². The Kier molecular flexibility index (Phi) is 4.93. The Labute approximate surface area is 161 Å². The molecule has 8 nitrogen and oxygen atoms in total. The number of nitrogens with zero attached hydrogens (tertiary/aromatic N) is 2. The summed E-state index contributed by atoms with van der Waals surface area (Å²) in [4.78, 5) is 27.2. The van der Waals surface area contributed by atoms with Crippen molar-refractivity contribution in [3.05, 3.63) is 56.2 Å². The molecule has 148 valence electrons. The van der Waals surface area contributed by atoms with Crippen molar-refractivity contribution >= 4 is 5.71 Å². The lowest BCUT2D eigenvalue weighted by Gasteiger charge is -2.25. The third-order valence-corrected chi connectivity index (χ3v) is 5.61. The van der Waals surface area contributed by atoms with Gasteiger partial charge in [-0.25, -0.2) is 4.79 Å². The third kappa shape index (κ3) is 3.19. The van der Waals surface area contributed by atoms with Crippen LogP contribution in [0.1, 0.15) is 61.7 Å². The lowest BCUT2D eigenvalue weighted by molar-refractivity contribution is 0.298. The van der Waals surface area contributed by atoms with Gasteiger partial charge in [0.1, 0.15) is 11.3 Å². The number of nitrogens with one attached hydrogen (secondary N) is 2. The van der Waals surface area contributed by atoms with Crippen LogP contribution in [0.15, 0.2) is 39.0 Å². The minimum atomic E-state index is -0.615. The van der Waals surface area contributed by atoms with Gasteiger partial charge in [-0.05, 0) is 18.9 Å². The van der Waals surface area contributed by atoms with Gasteiger partial charge in [-0.15, -0.1) is 0 Å². The lowest BCUT2D eigenvalue weighted by Crippen LogP contribution is -2.36. The molecule has 28 heavy (non-hydrogen) atoms. The Balaban J connectivity index is 1.68. The number of hydrogen-bond acceptors (Lipinski definition) is 6. The van der Waals surface area contributed by atoms with E-state index in [0.717, 1.165) is 43.4 Å². The van der Waals surface area contributed by atoms with Crippen molar-refractivity contribution in [3.8, 4) is 11.6 Å². The first-order valence-electron chi connectivity index (χ1n) is 9.63. The highest BCUT2D eigenvalue weighted by Crippen LogP contribution is 2.33. The molecule has 1 aromatic heterocycles. The molecule has 2 aromatic rings. The maximum atomic E-state index is 12.5. The van der Waals surface area contributed by atoms with E-state index in [1.54, 1.807) is 7.11 Å². The molecule has 8 heteroatoms. The zero-order valence-electron chi connectivity index (χ0n) is 15.8. The first-order valence-corrected chi connectivity index (χ1v) is 9.63. The zero-order chi connectivity index (χ0) is 19.7. The molecule has 0 radical (unpaired) electrons. The number of para-hydroxylation sites is 1. The summed E-state index contributed by atoms with van der Waals surface area (Å²) in [6, 6.07) is 7.31. The second-order valence-electron chi connectivity index (χ2n) is 7.31. The van der Waals surface area contributed by atoms with Gasteiger partial charge < -0.3 is 15.3 Å². The van der Waals surface area contributed by atoms with E-state index in [4.69, 9.17) is 4.74 Å². The van der Waals surface area contributed by atoms with Crippen LogP contribution in [0.5, 0.6) is 11.6 Å². The molecule has 1 saturated carbocycles. The fourth-order valence-corrected chi connectivity index (χ4v) is 4.21. The maximum absolute atomic E-state index is 12.5. The van der Waals surface area contributed by atoms with E-state index in [1.807, 2.05) is 24.3 Å². The summed E-state index contributed by atoms with van der Waals surface area (Å²) in [5.74, 6) is 0.434. The van der Waals surface area contributed by atoms with E-state index in [1.165, 1.54) is 4.57 Å². The molecule has 2 heterocycles. The fraction of sp³-hybridized carbons (Fsp3) is 0.450. The topological polar surface area (TPSA) is 109 Å². The molecule has 0 spiro atoms. The highest BCUT2D eigenvalue weighted by atomic mass is 16.5. The molecule has 0 unspecified atom stereocenters. The molecule has 1 aliphatic carbocycles. The minimum absolute atomic E-state index is 0.0649. The minimum Gasteiger partial charge on any atom is -0.496 e. The van der Waals surface area contributed by atoms with Crippen LogP contribution in [0, 0.1) is 0 Å². The van der Waals surface area contributed by atoms with Crippen molar-refractivity contribution in [2.24, 2.45) is 5.10 Å². The summed E-state index contributed by atoms with van der Waals surface area (Å²) in [7, 11) is 1.60. The number of rotatable bonds is 4. The molecule has 1 fully saturated rings. The van der Waals surface area contributed by atoms with E-state index in [2.05, 4.69) is 15.5 Å². The van der Waals surface area contributed by atoms with Crippen LogP contribution >= 0.6 is 0 Å². The molecule has 0 amide bonds. The van der Waals surface area contributed by atoms with Gasteiger partial charge in [0.05, 0.1) is 18.9 Å². The lowest BCUT2D eigenvalue weighted by atomic mass is 9.95. The normalized spacial score (nSPS) is 19.9. The van der Waals surface area contributed by atoms with Gasteiger partial charge in [-0.1, -0.05) is 37.5 Å². The van der Waals surface area contributed by atoms with Crippen LogP contribution in [-0.4, -0.2) is 27.5 Å². The van der Waals surface area contributed by atoms with Crippen LogP contribution in [0.2, 0.25) is 0 Å². The van der Waals surface area contributed by atoms with E-state index in [-0.39, 0.29) is 23.5 Å². The highest BCUT2D eigenvalue weighted by molar-refractivity contribution is 6.03. The molecule has 0 bridgehead atoms. The van der Waals surface area contributed by atoms with Crippen molar-refractivity contribution in [1.82, 2.24) is 15.0 Å². The summed E-state index contributed by atoms with van der Waals surface area (Å²) in [6.07, 6.45) is 5.16. The zero-order valence-corrected chi connectivity index (χ0v) is 15.8. The van der Waals surface area contributed by atoms with Crippen molar-refractivity contribution < 1.29 is 9.84 Å². The fourth-order valence-electron chi connectivity index (χ4n) is 4.21. The van der Waals surface area contributed by atoms with Crippen molar-refractivity contribution in [2.45, 2.75) is 50.6 Å². The Morgan fingerprint density at radius 3 is 2.68 bits per heavy atom. The monoisotopic (exact) mass is 384 g/mol. The number of benzene rings is 1. The predicted octanol–water partition coefficient (Wildman–Crippen LogP) is 2.19. The first kappa shape index (κ1) is 18.3. The summed E-state index contributed by atoms with van der Waals surface area (Å²) in [5.41, 5.74) is 3.25. The number of hydrazone groups is 1. The first-order chi connectivity index (χ1) is 13.6. The van der Waals surface area contributed by atoms with E-state index >= 15 is 0 Å². The largest absolute Gasteiger partial charge is 0.496 e. The third-order valence-electron chi connectivity index (χ3n) is 5.61. The van der Waals surface area contributed by atoms with Gasteiger partial charge in [0.25, 0.3) is 5.56 Å². The second-order valence-corrected chi connectivity index (χ2v) is 7.31. The molecular weight excluding hydrogens is 360 g/mol. The molecule has 3 N–H and O–H groups in total. The number of H-pyrrole nitrogens is 1. The molecule has 0 saturated heterocycles. The molecule has 2 aliphatic rings. The summed E-state index contributed by atoms with van der Waals surface area (Å²) in [5, 5.41) is 15.1. The summed E-state index contributed by atoms with van der Waals surface area (Å²) < 4.78 is 6.73. The second kappa shape index (κ2) is 7.53. The number of methoxy groups -OCH3 is 1. The SMILES string of the molecule is COc1ccccc1[C@H]1CC(c2c(O)n(C3CCCCC3)c(=O)[nH]c2=O)=NN1. The van der Waals surface area contributed by atoms with Gasteiger partial charge in [0.15, 0.2) is 0 Å². The number of aromatic nitrogens is 2. The average Bonchev–Trinajstić information content (AvgIpc) is 3.18. The van der Waals surface area contributed by atoms with Crippen LogP contribution in [0.25, 0.3) is 0 Å². The van der Waals surface area contributed by atoms with Gasteiger partial charge >= 0.3 is 5.69 Å². The Morgan fingerprint density at radius 2 is 1.93 bits per heavy atom. The van der Waals surface area contributed by atoms with Crippen molar-refractivity contribution in [2.75, 3.05) is 7.11 Å². The predicted molar refractivity (Wildman–Crippen MR) is 105 cm³/mol. The Morgan fingerprint density at radius 1 is 1.18 bits per heavy atom. The number of aromatic amines is 1.